The topological polar surface area (TPSA) is 63.4 Å². The smallest absolute Gasteiger partial charge is 0.239 e. The van der Waals surface area contributed by atoms with Crippen molar-refractivity contribution in [1.29, 1.82) is 0 Å². The molecule has 0 bridgehead atoms. The number of amides is 1. The maximum absolute atomic E-state index is 11.5. The summed E-state index contributed by atoms with van der Waals surface area (Å²) in [5.41, 5.74) is 5.49. The predicted molar refractivity (Wildman–Crippen MR) is 52.7 cm³/mol. The second-order valence-corrected chi connectivity index (χ2v) is 5.01. The zero-order valence-electron chi connectivity index (χ0n) is 7.86. The normalized spacial score (nSPS) is 26.6. The molecule has 0 aliphatic carbocycles. The third kappa shape index (κ3) is 3.08. The highest BCUT2D eigenvalue weighted by molar-refractivity contribution is 7.85. The first kappa shape index (κ1) is 10.7. The summed E-state index contributed by atoms with van der Waals surface area (Å²) in [4.78, 5) is 13.2. The average molecular weight is 204 g/mol. The van der Waals surface area contributed by atoms with Crippen LogP contribution in [-0.2, 0) is 15.6 Å². The second kappa shape index (κ2) is 4.72. The molecule has 1 rings (SSSR count). The van der Waals surface area contributed by atoms with Crippen LogP contribution in [0, 0.1) is 0 Å². The van der Waals surface area contributed by atoms with Gasteiger partial charge in [-0.15, -0.1) is 0 Å². The van der Waals surface area contributed by atoms with Gasteiger partial charge >= 0.3 is 0 Å². The van der Waals surface area contributed by atoms with E-state index in [0.717, 1.165) is 6.42 Å². The molecular weight excluding hydrogens is 188 g/mol. The predicted octanol–water partition coefficient (Wildman–Crippen LogP) is -0.685. The number of carbonyl (C=O) groups is 1. The van der Waals surface area contributed by atoms with Crippen molar-refractivity contribution in [3.8, 4) is 0 Å². The first-order valence-corrected chi connectivity index (χ1v) is 5.99. The molecule has 5 heteroatoms. The average Bonchev–Trinajstić information content (AvgIpc) is 2.28. The van der Waals surface area contributed by atoms with Crippen LogP contribution in [0.5, 0.6) is 0 Å². The fourth-order valence-corrected chi connectivity index (χ4v) is 2.43. The highest BCUT2D eigenvalue weighted by atomic mass is 32.2. The van der Waals surface area contributed by atoms with Crippen LogP contribution in [0.1, 0.15) is 13.3 Å². The van der Waals surface area contributed by atoms with Crippen LogP contribution in [0.25, 0.3) is 0 Å². The van der Waals surface area contributed by atoms with E-state index >= 15 is 0 Å². The van der Waals surface area contributed by atoms with E-state index < -0.39 is 16.8 Å². The lowest BCUT2D eigenvalue weighted by Crippen LogP contribution is -2.43. The molecular formula is C8H16N2O2S. The highest BCUT2D eigenvalue weighted by Gasteiger charge is 2.20. The van der Waals surface area contributed by atoms with Crippen LogP contribution in [0.3, 0.4) is 0 Å². The van der Waals surface area contributed by atoms with Gasteiger partial charge in [0, 0.05) is 35.4 Å². The molecule has 1 amide bonds. The summed E-state index contributed by atoms with van der Waals surface area (Å²) in [7, 11) is -0.743. The van der Waals surface area contributed by atoms with Crippen LogP contribution >= 0.6 is 0 Å². The van der Waals surface area contributed by atoms with Gasteiger partial charge in [0.1, 0.15) is 0 Å². The fourth-order valence-electron chi connectivity index (χ4n) is 1.35. The van der Waals surface area contributed by atoms with Crippen LogP contribution in [0.15, 0.2) is 0 Å². The van der Waals surface area contributed by atoms with Crippen molar-refractivity contribution < 1.29 is 9.00 Å². The molecule has 2 N–H and O–H groups in total. The van der Waals surface area contributed by atoms with Crippen molar-refractivity contribution in [2.45, 2.75) is 19.4 Å². The van der Waals surface area contributed by atoms with E-state index in [0.29, 0.717) is 24.6 Å². The minimum atomic E-state index is -0.743. The monoisotopic (exact) mass is 204 g/mol. The lowest BCUT2D eigenvalue weighted by Gasteiger charge is -2.21. The maximum atomic E-state index is 11.5. The van der Waals surface area contributed by atoms with E-state index in [4.69, 9.17) is 5.73 Å². The van der Waals surface area contributed by atoms with Gasteiger partial charge in [0.05, 0.1) is 6.04 Å². The van der Waals surface area contributed by atoms with E-state index in [9.17, 15) is 9.00 Å². The standard InChI is InChI=1S/C8H16N2O2S/c1-7(9)8(11)10-3-2-5-13(12)6-4-10/h7H,2-6,9H2,1H3. The SMILES string of the molecule is CC(N)C(=O)N1CCCS(=O)CC1. The van der Waals surface area contributed by atoms with Crippen LogP contribution in [0.2, 0.25) is 0 Å². The maximum Gasteiger partial charge on any atom is 0.239 e. The van der Waals surface area contributed by atoms with Gasteiger partial charge in [-0.3, -0.25) is 9.00 Å². The molecule has 4 nitrogen and oxygen atoms in total. The molecule has 1 aliphatic heterocycles. The molecule has 0 aromatic heterocycles. The fraction of sp³-hybridized carbons (Fsp3) is 0.875. The van der Waals surface area contributed by atoms with Gasteiger partial charge in [0.2, 0.25) is 5.91 Å². The Bertz CT molecular complexity index is 218. The zero-order chi connectivity index (χ0) is 9.84. The van der Waals surface area contributed by atoms with Crippen molar-refractivity contribution in [2.75, 3.05) is 24.6 Å². The van der Waals surface area contributed by atoms with E-state index in [1.54, 1.807) is 11.8 Å². The number of nitrogens with zero attached hydrogens (tertiary/aromatic N) is 1. The molecule has 0 spiro atoms. The molecule has 0 aromatic carbocycles. The van der Waals surface area contributed by atoms with Gasteiger partial charge in [0.25, 0.3) is 0 Å². The molecule has 1 saturated heterocycles. The number of hydrogen-bond donors (Lipinski definition) is 1. The molecule has 76 valence electrons. The molecule has 1 fully saturated rings. The van der Waals surface area contributed by atoms with Crippen molar-refractivity contribution >= 4 is 16.7 Å². The van der Waals surface area contributed by atoms with Gasteiger partial charge in [-0.25, -0.2) is 0 Å². The van der Waals surface area contributed by atoms with Crippen molar-refractivity contribution in [3.05, 3.63) is 0 Å². The van der Waals surface area contributed by atoms with Gasteiger partial charge in [0.15, 0.2) is 0 Å². The zero-order valence-corrected chi connectivity index (χ0v) is 8.68. The van der Waals surface area contributed by atoms with Gasteiger partial charge in [-0.05, 0) is 13.3 Å². The van der Waals surface area contributed by atoms with Crippen molar-refractivity contribution in [2.24, 2.45) is 5.73 Å². The summed E-state index contributed by atoms with van der Waals surface area (Å²) in [6.45, 7) is 2.98. The number of nitrogens with two attached hydrogens (primary N) is 1. The molecule has 1 heterocycles. The third-order valence-electron chi connectivity index (χ3n) is 2.09. The lowest BCUT2D eigenvalue weighted by atomic mass is 10.3. The molecule has 13 heavy (non-hydrogen) atoms. The lowest BCUT2D eigenvalue weighted by molar-refractivity contribution is -0.131. The second-order valence-electron chi connectivity index (χ2n) is 3.32. The van der Waals surface area contributed by atoms with Gasteiger partial charge in [-0.2, -0.15) is 0 Å². The molecule has 2 atom stereocenters. The Morgan fingerprint density at radius 1 is 1.46 bits per heavy atom. The summed E-state index contributed by atoms with van der Waals surface area (Å²) in [5.74, 6) is 1.28. The highest BCUT2D eigenvalue weighted by Crippen LogP contribution is 2.03. The Morgan fingerprint density at radius 3 is 2.77 bits per heavy atom. The largest absolute Gasteiger partial charge is 0.340 e. The summed E-state index contributed by atoms with van der Waals surface area (Å²) < 4.78 is 11.2. The van der Waals surface area contributed by atoms with E-state index in [1.807, 2.05) is 0 Å². The Morgan fingerprint density at radius 2 is 2.15 bits per heavy atom. The first-order chi connectivity index (χ1) is 6.11. The summed E-state index contributed by atoms with van der Waals surface area (Å²) >= 11 is 0. The minimum absolute atomic E-state index is 0.0288. The summed E-state index contributed by atoms with van der Waals surface area (Å²) in [6.07, 6.45) is 0.824. The first-order valence-electron chi connectivity index (χ1n) is 4.50. The molecule has 0 saturated carbocycles. The molecule has 0 radical (unpaired) electrons. The van der Waals surface area contributed by atoms with Crippen molar-refractivity contribution in [3.63, 3.8) is 0 Å². The Kier molecular flexibility index (Phi) is 3.87. The molecule has 2 unspecified atom stereocenters. The quantitative estimate of drug-likeness (QED) is 0.615. The number of carbonyl (C=O) groups excluding carboxylic acids is 1. The summed E-state index contributed by atoms with van der Waals surface area (Å²) in [6, 6.07) is -0.438. The Hall–Kier alpha value is -0.420. The number of hydrogen-bond acceptors (Lipinski definition) is 3. The van der Waals surface area contributed by atoms with Crippen molar-refractivity contribution in [1.82, 2.24) is 4.90 Å². The Balaban J connectivity index is 2.51. The summed E-state index contributed by atoms with van der Waals surface area (Å²) in [5, 5.41) is 0. The Labute approximate surface area is 80.9 Å². The van der Waals surface area contributed by atoms with Crippen LogP contribution in [-0.4, -0.2) is 45.7 Å². The van der Waals surface area contributed by atoms with Crippen LogP contribution < -0.4 is 5.73 Å². The third-order valence-corrected chi connectivity index (χ3v) is 3.47. The minimum Gasteiger partial charge on any atom is -0.340 e. The molecule has 1 aliphatic rings. The number of rotatable bonds is 1. The van der Waals surface area contributed by atoms with E-state index in [2.05, 4.69) is 0 Å². The van der Waals surface area contributed by atoms with E-state index in [-0.39, 0.29) is 5.91 Å². The van der Waals surface area contributed by atoms with E-state index in [1.165, 1.54) is 0 Å². The van der Waals surface area contributed by atoms with Gasteiger partial charge < -0.3 is 10.6 Å². The molecule has 0 aromatic rings. The van der Waals surface area contributed by atoms with Crippen LogP contribution in [0.4, 0.5) is 0 Å². The van der Waals surface area contributed by atoms with Gasteiger partial charge in [-0.1, -0.05) is 0 Å².